The molecule has 0 spiro atoms. The lowest BCUT2D eigenvalue weighted by Gasteiger charge is -2.15. The molecule has 0 saturated carbocycles. The van der Waals surface area contributed by atoms with E-state index in [0.29, 0.717) is 22.8 Å². The molecule has 0 aromatic heterocycles. The highest BCUT2D eigenvalue weighted by molar-refractivity contribution is 7.92. The van der Waals surface area contributed by atoms with Gasteiger partial charge in [0.2, 0.25) is 15.8 Å². The molecular weight excluding hydrogens is 408 g/mol. The Morgan fingerprint density at radius 3 is 2.14 bits per heavy atom. The van der Waals surface area contributed by atoms with Crippen molar-refractivity contribution in [2.24, 2.45) is 0 Å². The number of carbonyl (C=O) groups is 1. The molecule has 0 bridgehead atoms. The fourth-order valence-corrected chi connectivity index (χ4v) is 3.25. The highest BCUT2D eigenvalue weighted by atomic mass is 35.5. The molecule has 0 radical (unpaired) electrons. The fourth-order valence-electron chi connectivity index (χ4n) is 2.49. The van der Waals surface area contributed by atoms with Crippen molar-refractivity contribution in [2.75, 3.05) is 32.3 Å². The predicted molar refractivity (Wildman–Crippen MR) is 107 cm³/mol. The van der Waals surface area contributed by atoms with E-state index < -0.39 is 15.9 Å². The topological polar surface area (TPSA) is 103 Å². The molecule has 0 unspecified atom stereocenters. The first-order valence-corrected chi connectivity index (χ1v) is 10.3. The van der Waals surface area contributed by atoms with Crippen LogP contribution >= 0.6 is 11.6 Å². The highest BCUT2D eigenvalue weighted by Gasteiger charge is 2.16. The number of halogens is 1. The van der Waals surface area contributed by atoms with Gasteiger partial charge in [-0.05, 0) is 35.9 Å². The van der Waals surface area contributed by atoms with Gasteiger partial charge in [0.25, 0.3) is 5.91 Å². The van der Waals surface area contributed by atoms with E-state index >= 15 is 0 Å². The Balaban J connectivity index is 2.21. The van der Waals surface area contributed by atoms with Crippen LogP contribution in [0.25, 0.3) is 0 Å². The Morgan fingerprint density at radius 2 is 1.64 bits per heavy atom. The van der Waals surface area contributed by atoms with Crippen LogP contribution in [0.1, 0.15) is 15.9 Å². The molecule has 0 aliphatic heterocycles. The molecule has 2 N–H and O–H groups in total. The van der Waals surface area contributed by atoms with Crippen LogP contribution in [0.5, 0.6) is 17.2 Å². The summed E-state index contributed by atoms with van der Waals surface area (Å²) in [5, 5.41) is 2.93. The minimum atomic E-state index is -3.47. The van der Waals surface area contributed by atoms with Crippen LogP contribution in [0.15, 0.2) is 30.3 Å². The van der Waals surface area contributed by atoms with E-state index in [-0.39, 0.29) is 22.8 Å². The van der Waals surface area contributed by atoms with Crippen molar-refractivity contribution in [3.05, 3.63) is 46.5 Å². The monoisotopic (exact) mass is 428 g/mol. The number of ether oxygens (including phenoxy) is 3. The zero-order valence-electron chi connectivity index (χ0n) is 15.8. The molecule has 2 rings (SSSR count). The van der Waals surface area contributed by atoms with Gasteiger partial charge in [-0.3, -0.25) is 9.52 Å². The number of nitrogens with one attached hydrogen (secondary N) is 2. The lowest BCUT2D eigenvalue weighted by molar-refractivity contribution is 0.0951. The SMILES string of the molecule is COc1cc(CNC(=O)c2cc(NS(C)(=O)=O)ccc2Cl)cc(OC)c1OC. The Bertz CT molecular complexity index is 953. The summed E-state index contributed by atoms with van der Waals surface area (Å²) in [7, 11) is 1.03. The van der Waals surface area contributed by atoms with E-state index in [1.165, 1.54) is 39.5 Å². The third-order valence-electron chi connectivity index (χ3n) is 3.69. The first-order chi connectivity index (χ1) is 13.2. The van der Waals surface area contributed by atoms with Crippen molar-refractivity contribution in [3.63, 3.8) is 0 Å². The molecule has 2 aromatic rings. The number of rotatable bonds is 8. The summed E-state index contributed by atoms with van der Waals surface area (Å²) < 4.78 is 40.9. The molecule has 0 fully saturated rings. The number of benzene rings is 2. The number of anilines is 1. The Labute approximate surface area is 168 Å². The summed E-state index contributed by atoms with van der Waals surface area (Å²) in [6.45, 7) is 0.162. The van der Waals surface area contributed by atoms with Gasteiger partial charge in [0.1, 0.15) is 0 Å². The van der Waals surface area contributed by atoms with Crippen LogP contribution in [-0.2, 0) is 16.6 Å². The van der Waals surface area contributed by atoms with E-state index in [1.807, 2.05) is 0 Å². The normalized spacial score (nSPS) is 10.9. The van der Waals surface area contributed by atoms with Crippen molar-refractivity contribution in [3.8, 4) is 17.2 Å². The maximum atomic E-state index is 12.5. The van der Waals surface area contributed by atoms with Gasteiger partial charge in [0, 0.05) is 12.2 Å². The maximum absolute atomic E-state index is 12.5. The third kappa shape index (κ3) is 5.43. The van der Waals surface area contributed by atoms with Crippen molar-refractivity contribution in [1.82, 2.24) is 5.32 Å². The van der Waals surface area contributed by atoms with E-state index in [4.69, 9.17) is 25.8 Å². The molecule has 0 heterocycles. The van der Waals surface area contributed by atoms with Crippen molar-refractivity contribution >= 4 is 33.2 Å². The van der Waals surface area contributed by atoms with Gasteiger partial charge in [0.05, 0.1) is 38.2 Å². The number of amides is 1. The van der Waals surface area contributed by atoms with Crippen LogP contribution in [0.3, 0.4) is 0 Å². The lowest BCUT2D eigenvalue weighted by Crippen LogP contribution is -2.23. The first kappa shape index (κ1) is 21.6. The Hall–Kier alpha value is -2.65. The van der Waals surface area contributed by atoms with Gasteiger partial charge >= 0.3 is 0 Å². The summed E-state index contributed by atoms with van der Waals surface area (Å²) in [5.74, 6) is 0.908. The smallest absolute Gasteiger partial charge is 0.253 e. The lowest BCUT2D eigenvalue weighted by atomic mass is 10.1. The van der Waals surface area contributed by atoms with Crippen molar-refractivity contribution in [2.45, 2.75) is 6.54 Å². The molecule has 1 amide bonds. The molecule has 152 valence electrons. The zero-order chi connectivity index (χ0) is 20.9. The highest BCUT2D eigenvalue weighted by Crippen LogP contribution is 2.38. The molecule has 28 heavy (non-hydrogen) atoms. The second-order valence-electron chi connectivity index (χ2n) is 5.79. The van der Waals surface area contributed by atoms with E-state index in [9.17, 15) is 13.2 Å². The van der Waals surface area contributed by atoms with Crippen LogP contribution in [0.2, 0.25) is 5.02 Å². The van der Waals surface area contributed by atoms with Gasteiger partial charge in [0.15, 0.2) is 11.5 Å². The van der Waals surface area contributed by atoms with Crippen molar-refractivity contribution < 1.29 is 27.4 Å². The molecule has 2 aromatic carbocycles. The van der Waals surface area contributed by atoms with Gasteiger partial charge in [-0.25, -0.2) is 8.42 Å². The first-order valence-electron chi connectivity index (χ1n) is 8.03. The van der Waals surface area contributed by atoms with Gasteiger partial charge in [-0.1, -0.05) is 11.6 Å². The minimum absolute atomic E-state index is 0.141. The summed E-state index contributed by atoms with van der Waals surface area (Å²) >= 11 is 6.08. The zero-order valence-corrected chi connectivity index (χ0v) is 17.4. The van der Waals surface area contributed by atoms with E-state index in [0.717, 1.165) is 6.26 Å². The van der Waals surface area contributed by atoms with Crippen LogP contribution in [0.4, 0.5) is 5.69 Å². The quantitative estimate of drug-likeness (QED) is 0.670. The van der Waals surface area contributed by atoms with E-state index in [2.05, 4.69) is 10.0 Å². The van der Waals surface area contributed by atoms with Gasteiger partial charge < -0.3 is 19.5 Å². The summed E-state index contributed by atoms with van der Waals surface area (Å²) in [6.07, 6.45) is 1.02. The minimum Gasteiger partial charge on any atom is -0.493 e. The van der Waals surface area contributed by atoms with Crippen LogP contribution in [-0.4, -0.2) is 41.9 Å². The fraction of sp³-hybridized carbons (Fsp3) is 0.278. The standard InChI is InChI=1S/C18H21ClN2O6S/c1-25-15-7-11(8-16(26-2)17(15)27-3)10-20-18(22)13-9-12(5-6-14(13)19)21-28(4,23)24/h5-9,21H,10H2,1-4H3,(H,20,22). The van der Waals surface area contributed by atoms with Gasteiger partial charge in [-0.15, -0.1) is 0 Å². The average molecular weight is 429 g/mol. The Morgan fingerprint density at radius 1 is 1.04 bits per heavy atom. The number of hydrogen-bond donors (Lipinski definition) is 2. The molecule has 0 aliphatic carbocycles. The molecule has 8 nitrogen and oxygen atoms in total. The molecule has 0 saturated heterocycles. The van der Waals surface area contributed by atoms with Gasteiger partial charge in [-0.2, -0.15) is 0 Å². The summed E-state index contributed by atoms with van der Waals surface area (Å²) in [6, 6.07) is 7.71. The number of methoxy groups -OCH3 is 3. The second-order valence-corrected chi connectivity index (χ2v) is 7.94. The predicted octanol–water partition coefficient (Wildman–Crippen LogP) is 2.67. The largest absolute Gasteiger partial charge is 0.493 e. The Kier molecular flexibility index (Phi) is 6.98. The number of carbonyl (C=O) groups excluding carboxylic acids is 1. The van der Waals surface area contributed by atoms with Crippen LogP contribution < -0.4 is 24.2 Å². The van der Waals surface area contributed by atoms with E-state index in [1.54, 1.807) is 12.1 Å². The number of sulfonamides is 1. The second kappa shape index (κ2) is 9.03. The summed E-state index contributed by atoms with van der Waals surface area (Å²) in [4.78, 5) is 12.5. The average Bonchev–Trinajstić information content (AvgIpc) is 2.65. The third-order valence-corrected chi connectivity index (χ3v) is 4.63. The number of hydrogen-bond acceptors (Lipinski definition) is 6. The molecule has 10 heteroatoms. The van der Waals surface area contributed by atoms with Crippen LogP contribution in [0, 0.1) is 0 Å². The molecule has 0 atom stereocenters. The maximum Gasteiger partial charge on any atom is 0.253 e. The summed E-state index contributed by atoms with van der Waals surface area (Å²) in [5.41, 5.74) is 1.09. The molecular formula is C18H21ClN2O6S. The molecule has 0 aliphatic rings. The van der Waals surface area contributed by atoms with Crippen molar-refractivity contribution in [1.29, 1.82) is 0 Å².